The molecule has 0 aliphatic carbocycles. The molecule has 2 aromatic carbocycles. The van der Waals surface area contributed by atoms with Crippen LogP contribution in [0.25, 0.3) is 11.1 Å². The zero-order chi connectivity index (χ0) is 15.7. The molecule has 0 atom stereocenters. The van der Waals surface area contributed by atoms with Crippen molar-refractivity contribution in [1.82, 2.24) is 9.97 Å². The van der Waals surface area contributed by atoms with Gasteiger partial charge in [0.15, 0.2) is 0 Å². The fraction of sp³-hybridized carbons (Fsp3) is 0.250. The molecule has 1 N–H and O–H groups in total. The first kappa shape index (κ1) is 15.5. The number of benzene rings is 2. The number of nitrogens with zero attached hydrogens (tertiary/aromatic N) is 1. The largest absolute Gasteiger partial charge is 0.381 e. The summed E-state index contributed by atoms with van der Waals surface area (Å²) in [6, 6.07) is 19.2. The van der Waals surface area contributed by atoms with Crippen LogP contribution in [-0.2, 0) is 17.6 Å². The summed E-state index contributed by atoms with van der Waals surface area (Å²) in [5, 5.41) is 0. The van der Waals surface area contributed by atoms with E-state index in [2.05, 4.69) is 58.5 Å². The molecule has 3 aromatic rings. The molecule has 3 nitrogen and oxygen atoms in total. The van der Waals surface area contributed by atoms with E-state index in [0.717, 1.165) is 32.5 Å². The Morgan fingerprint density at radius 3 is 2.35 bits per heavy atom. The molecule has 0 amide bonds. The summed E-state index contributed by atoms with van der Waals surface area (Å²) in [7, 11) is 0. The Morgan fingerprint density at radius 2 is 1.61 bits per heavy atom. The maximum absolute atomic E-state index is 5.72. The normalized spacial score (nSPS) is 10.8. The predicted molar refractivity (Wildman–Crippen MR) is 93.3 cm³/mol. The summed E-state index contributed by atoms with van der Waals surface area (Å²) in [5.74, 6) is 0. The third-order valence-electron chi connectivity index (χ3n) is 3.89. The quantitative estimate of drug-likeness (QED) is 0.631. The lowest BCUT2D eigenvalue weighted by Gasteiger charge is -2.06. The Kier molecular flexibility index (Phi) is 5.59. The molecule has 1 heterocycles. The molecule has 0 radical (unpaired) electrons. The van der Waals surface area contributed by atoms with E-state index in [4.69, 9.17) is 4.74 Å². The Balaban J connectivity index is 1.37. The molecule has 23 heavy (non-hydrogen) atoms. The van der Waals surface area contributed by atoms with Crippen molar-refractivity contribution in [1.29, 1.82) is 0 Å². The first-order valence-electron chi connectivity index (χ1n) is 8.11. The standard InChI is InChI=1S/C20H22N2O/c1-2-5-18(6-3-1)19-10-8-17(9-11-19)12-14-23-13-4-7-20-15-21-16-22-20/h1-3,5-6,8-11,15-16H,4,7,12-14H2,(H,21,22). The van der Waals surface area contributed by atoms with E-state index in [0.29, 0.717) is 0 Å². The van der Waals surface area contributed by atoms with E-state index in [1.54, 1.807) is 6.33 Å². The SMILES string of the molecule is c1ccc(-c2ccc(CCOCCCc3cnc[nH]3)cc2)cc1. The molecule has 0 spiro atoms. The van der Waals surface area contributed by atoms with Gasteiger partial charge in [-0.05, 0) is 36.0 Å². The smallest absolute Gasteiger partial charge is 0.0921 e. The van der Waals surface area contributed by atoms with Gasteiger partial charge in [-0.2, -0.15) is 0 Å². The number of aryl methyl sites for hydroxylation is 1. The maximum atomic E-state index is 5.72. The topological polar surface area (TPSA) is 37.9 Å². The molecule has 0 fully saturated rings. The monoisotopic (exact) mass is 306 g/mol. The summed E-state index contributed by atoms with van der Waals surface area (Å²) >= 11 is 0. The Bertz CT molecular complexity index is 675. The van der Waals surface area contributed by atoms with Gasteiger partial charge >= 0.3 is 0 Å². The molecule has 3 heteroatoms. The first-order valence-corrected chi connectivity index (χ1v) is 8.11. The maximum Gasteiger partial charge on any atom is 0.0921 e. The van der Waals surface area contributed by atoms with Crippen molar-refractivity contribution in [2.24, 2.45) is 0 Å². The highest BCUT2D eigenvalue weighted by Crippen LogP contribution is 2.19. The van der Waals surface area contributed by atoms with Crippen LogP contribution in [0.15, 0.2) is 67.1 Å². The molecule has 0 aliphatic heterocycles. The van der Waals surface area contributed by atoms with Crippen LogP contribution in [0.3, 0.4) is 0 Å². The van der Waals surface area contributed by atoms with E-state index in [1.807, 2.05) is 12.3 Å². The van der Waals surface area contributed by atoms with Gasteiger partial charge in [-0.15, -0.1) is 0 Å². The third kappa shape index (κ3) is 4.80. The highest BCUT2D eigenvalue weighted by Gasteiger charge is 1.99. The van der Waals surface area contributed by atoms with Crippen LogP contribution >= 0.6 is 0 Å². The molecule has 3 rings (SSSR count). The van der Waals surface area contributed by atoms with Crippen molar-refractivity contribution in [3.63, 3.8) is 0 Å². The van der Waals surface area contributed by atoms with E-state index in [1.165, 1.54) is 22.4 Å². The van der Waals surface area contributed by atoms with Crippen LogP contribution in [0.5, 0.6) is 0 Å². The minimum absolute atomic E-state index is 0.771. The fourth-order valence-corrected chi connectivity index (χ4v) is 2.57. The first-order chi connectivity index (χ1) is 11.4. The van der Waals surface area contributed by atoms with Gasteiger partial charge in [0.25, 0.3) is 0 Å². The zero-order valence-corrected chi connectivity index (χ0v) is 13.2. The Hall–Kier alpha value is -2.39. The fourth-order valence-electron chi connectivity index (χ4n) is 2.57. The number of aromatic nitrogens is 2. The van der Waals surface area contributed by atoms with Crippen LogP contribution in [-0.4, -0.2) is 23.2 Å². The molecule has 1 aromatic heterocycles. The van der Waals surface area contributed by atoms with Crippen LogP contribution < -0.4 is 0 Å². The summed E-state index contributed by atoms with van der Waals surface area (Å²) in [6.07, 6.45) is 6.56. The second kappa shape index (κ2) is 8.30. The lowest BCUT2D eigenvalue weighted by Crippen LogP contribution is -2.01. The van der Waals surface area contributed by atoms with Crippen molar-refractivity contribution in [3.05, 3.63) is 78.4 Å². The summed E-state index contributed by atoms with van der Waals surface area (Å²) in [4.78, 5) is 7.12. The van der Waals surface area contributed by atoms with Gasteiger partial charge in [-0.3, -0.25) is 0 Å². The summed E-state index contributed by atoms with van der Waals surface area (Å²) < 4.78 is 5.72. The number of H-pyrrole nitrogens is 1. The van der Waals surface area contributed by atoms with Crippen LogP contribution in [0.2, 0.25) is 0 Å². The van der Waals surface area contributed by atoms with Gasteiger partial charge in [-0.1, -0.05) is 54.6 Å². The Morgan fingerprint density at radius 1 is 0.826 bits per heavy atom. The molecule has 118 valence electrons. The predicted octanol–water partition coefficient (Wildman–Crippen LogP) is 4.27. The van der Waals surface area contributed by atoms with Gasteiger partial charge in [0.2, 0.25) is 0 Å². The number of hydrogen-bond acceptors (Lipinski definition) is 2. The average Bonchev–Trinajstić information content (AvgIpc) is 3.13. The van der Waals surface area contributed by atoms with Crippen molar-refractivity contribution in [2.75, 3.05) is 13.2 Å². The van der Waals surface area contributed by atoms with Crippen molar-refractivity contribution in [2.45, 2.75) is 19.3 Å². The molecular weight excluding hydrogens is 284 g/mol. The van der Waals surface area contributed by atoms with Crippen molar-refractivity contribution >= 4 is 0 Å². The lowest BCUT2D eigenvalue weighted by molar-refractivity contribution is 0.135. The molecule has 0 bridgehead atoms. The van der Waals surface area contributed by atoms with Crippen molar-refractivity contribution < 1.29 is 4.74 Å². The second-order valence-electron chi connectivity index (χ2n) is 5.61. The summed E-state index contributed by atoms with van der Waals surface area (Å²) in [6.45, 7) is 1.56. The molecule has 0 saturated carbocycles. The minimum atomic E-state index is 0.771. The average molecular weight is 306 g/mol. The molecular formula is C20H22N2O. The van der Waals surface area contributed by atoms with Gasteiger partial charge < -0.3 is 9.72 Å². The molecule has 0 aliphatic rings. The van der Waals surface area contributed by atoms with E-state index >= 15 is 0 Å². The number of hydrogen-bond donors (Lipinski definition) is 1. The zero-order valence-electron chi connectivity index (χ0n) is 13.2. The van der Waals surface area contributed by atoms with Gasteiger partial charge in [0.05, 0.1) is 12.9 Å². The number of nitrogens with one attached hydrogen (secondary N) is 1. The number of aromatic amines is 1. The van der Waals surface area contributed by atoms with E-state index in [9.17, 15) is 0 Å². The van der Waals surface area contributed by atoms with Crippen LogP contribution in [0.1, 0.15) is 17.7 Å². The molecule has 0 unspecified atom stereocenters. The Labute approximate surface area is 137 Å². The second-order valence-corrected chi connectivity index (χ2v) is 5.61. The highest BCUT2D eigenvalue weighted by molar-refractivity contribution is 5.63. The highest BCUT2D eigenvalue weighted by atomic mass is 16.5. The summed E-state index contributed by atoms with van der Waals surface area (Å²) in [5.41, 5.74) is 5.01. The van der Waals surface area contributed by atoms with E-state index < -0.39 is 0 Å². The lowest BCUT2D eigenvalue weighted by atomic mass is 10.0. The number of imidazole rings is 1. The molecule has 0 saturated heterocycles. The third-order valence-corrected chi connectivity index (χ3v) is 3.89. The van der Waals surface area contributed by atoms with Crippen LogP contribution in [0.4, 0.5) is 0 Å². The van der Waals surface area contributed by atoms with Gasteiger partial charge in [0.1, 0.15) is 0 Å². The van der Waals surface area contributed by atoms with E-state index in [-0.39, 0.29) is 0 Å². The number of rotatable bonds is 8. The number of ether oxygens (including phenoxy) is 1. The minimum Gasteiger partial charge on any atom is -0.381 e. The van der Waals surface area contributed by atoms with Gasteiger partial charge in [-0.25, -0.2) is 4.98 Å². The van der Waals surface area contributed by atoms with Crippen LogP contribution in [0, 0.1) is 0 Å². The van der Waals surface area contributed by atoms with Crippen molar-refractivity contribution in [3.8, 4) is 11.1 Å². The van der Waals surface area contributed by atoms with Gasteiger partial charge in [0, 0.05) is 18.5 Å².